The second-order valence-electron chi connectivity index (χ2n) is 6.45. The number of piperidine rings is 1. The Bertz CT molecular complexity index is 1070. The first-order valence-corrected chi connectivity index (χ1v) is 10.8. The molecule has 1 aliphatic rings. The molecule has 9 nitrogen and oxygen atoms in total. The van der Waals surface area contributed by atoms with Crippen molar-refractivity contribution in [1.29, 1.82) is 0 Å². The molecule has 0 N–H and O–H groups in total. The average molecular weight is 436 g/mol. The Hall–Kier alpha value is -2.40. The minimum absolute atomic E-state index is 0.0976. The van der Waals surface area contributed by atoms with Crippen LogP contribution in [0.3, 0.4) is 0 Å². The molecule has 0 amide bonds. The average Bonchev–Trinajstić information content (AvgIpc) is 3.22. The van der Waals surface area contributed by atoms with Gasteiger partial charge in [0.2, 0.25) is 15.8 Å². The Morgan fingerprint density at radius 1 is 1.21 bits per heavy atom. The summed E-state index contributed by atoms with van der Waals surface area (Å²) >= 11 is 6.06. The van der Waals surface area contributed by atoms with Gasteiger partial charge in [0.05, 0.1) is 17.3 Å². The third-order valence-electron chi connectivity index (χ3n) is 4.56. The zero-order valence-electron chi connectivity index (χ0n) is 15.3. The maximum Gasteiger partial charge on any atom is 0.253 e. The van der Waals surface area contributed by atoms with Gasteiger partial charge in [0.15, 0.2) is 0 Å². The van der Waals surface area contributed by atoms with Crippen molar-refractivity contribution in [2.45, 2.75) is 30.4 Å². The van der Waals surface area contributed by atoms with Crippen molar-refractivity contribution < 1.29 is 17.7 Å². The number of hydrogen-bond acceptors (Lipinski definition) is 8. The molecule has 152 valence electrons. The van der Waals surface area contributed by atoms with Gasteiger partial charge in [0, 0.05) is 25.5 Å². The highest BCUT2D eigenvalue weighted by molar-refractivity contribution is 7.89. The van der Waals surface area contributed by atoms with Gasteiger partial charge in [-0.05, 0) is 25.0 Å². The SMILES string of the molecule is O=S(=O)(c1ccccc1Cl)N1CCC(OCc2nc(-c3cnccn3)no2)CC1. The molecular weight excluding hydrogens is 418 g/mol. The fourth-order valence-electron chi connectivity index (χ4n) is 3.05. The third kappa shape index (κ3) is 4.45. The molecule has 0 spiro atoms. The van der Waals surface area contributed by atoms with Crippen LogP contribution in [0.2, 0.25) is 5.02 Å². The molecule has 0 radical (unpaired) electrons. The van der Waals surface area contributed by atoms with E-state index < -0.39 is 10.0 Å². The summed E-state index contributed by atoms with van der Waals surface area (Å²) < 4.78 is 38.0. The van der Waals surface area contributed by atoms with Gasteiger partial charge < -0.3 is 9.26 Å². The fraction of sp³-hybridized carbons (Fsp3) is 0.333. The monoisotopic (exact) mass is 435 g/mol. The quantitative estimate of drug-likeness (QED) is 0.580. The normalized spacial score (nSPS) is 16.2. The van der Waals surface area contributed by atoms with Crippen molar-refractivity contribution in [2.24, 2.45) is 0 Å². The maximum atomic E-state index is 12.8. The van der Waals surface area contributed by atoms with Crippen LogP contribution < -0.4 is 0 Å². The highest BCUT2D eigenvalue weighted by Crippen LogP contribution is 2.27. The molecule has 29 heavy (non-hydrogen) atoms. The van der Waals surface area contributed by atoms with Crippen molar-refractivity contribution >= 4 is 21.6 Å². The van der Waals surface area contributed by atoms with Crippen LogP contribution in [-0.2, 0) is 21.4 Å². The summed E-state index contributed by atoms with van der Waals surface area (Å²) in [7, 11) is -3.62. The topological polar surface area (TPSA) is 111 Å². The number of benzene rings is 1. The zero-order chi connectivity index (χ0) is 20.3. The number of aromatic nitrogens is 4. The number of nitrogens with zero attached hydrogens (tertiary/aromatic N) is 5. The van der Waals surface area contributed by atoms with E-state index in [1.165, 1.54) is 10.4 Å². The van der Waals surface area contributed by atoms with Crippen molar-refractivity contribution in [1.82, 2.24) is 24.4 Å². The van der Waals surface area contributed by atoms with Crippen LogP contribution in [0.4, 0.5) is 0 Å². The second kappa shape index (κ2) is 8.54. The van der Waals surface area contributed by atoms with Gasteiger partial charge in [0.1, 0.15) is 17.2 Å². The van der Waals surface area contributed by atoms with Crippen LogP contribution in [0.5, 0.6) is 0 Å². The van der Waals surface area contributed by atoms with Crippen molar-refractivity contribution in [2.75, 3.05) is 13.1 Å². The van der Waals surface area contributed by atoms with Gasteiger partial charge in [-0.15, -0.1) is 0 Å². The van der Waals surface area contributed by atoms with Gasteiger partial charge in [-0.3, -0.25) is 4.98 Å². The van der Waals surface area contributed by atoms with Crippen LogP contribution in [-0.4, -0.2) is 52.0 Å². The molecule has 1 fully saturated rings. The molecule has 0 aliphatic carbocycles. The summed E-state index contributed by atoms with van der Waals surface area (Å²) in [4.78, 5) is 12.5. The number of halogens is 1. The molecule has 2 aromatic heterocycles. The van der Waals surface area contributed by atoms with Crippen LogP contribution in [0.15, 0.2) is 52.3 Å². The lowest BCUT2D eigenvalue weighted by Crippen LogP contribution is -2.40. The van der Waals surface area contributed by atoms with Gasteiger partial charge in [-0.2, -0.15) is 9.29 Å². The first-order valence-electron chi connectivity index (χ1n) is 8.99. The molecule has 1 aliphatic heterocycles. The van der Waals surface area contributed by atoms with Gasteiger partial charge >= 0.3 is 0 Å². The van der Waals surface area contributed by atoms with Crippen molar-refractivity contribution in [3.05, 3.63) is 53.8 Å². The molecule has 11 heteroatoms. The molecule has 0 bridgehead atoms. The van der Waals surface area contributed by atoms with Crippen molar-refractivity contribution in [3.63, 3.8) is 0 Å². The summed E-state index contributed by atoms with van der Waals surface area (Å²) in [5.41, 5.74) is 0.514. The van der Waals surface area contributed by atoms with Crippen molar-refractivity contribution in [3.8, 4) is 11.5 Å². The predicted molar refractivity (Wildman–Crippen MR) is 103 cm³/mol. The number of hydrogen-bond donors (Lipinski definition) is 0. The number of sulfonamides is 1. The Balaban J connectivity index is 1.32. The fourth-order valence-corrected chi connectivity index (χ4v) is 5.02. The van der Waals surface area contributed by atoms with E-state index in [1.54, 1.807) is 36.8 Å². The van der Waals surface area contributed by atoms with Gasteiger partial charge in [0.25, 0.3) is 5.89 Å². The van der Waals surface area contributed by atoms with E-state index in [0.717, 1.165) is 0 Å². The molecule has 1 saturated heterocycles. The standard InChI is InChI=1S/C18H18ClN5O4S/c19-14-3-1-2-4-16(14)29(25,26)24-9-5-13(6-10-24)27-12-17-22-18(23-28-17)15-11-20-7-8-21-15/h1-4,7-8,11,13H,5-6,9-10,12H2. The zero-order valence-corrected chi connectivity index (χ0v) is 16.9. The Kier molecular flexibility index (Phi) is 5.86. The third-order valence-corrected chi connectivity index (χ3v) is 6.96. The van der Waals surface area contributed by atoms with Gasteiger partial charge in [-0.25, -0.2) is 13.4 Å². The lowest BCUT2D eigenvalue weighted by Gasteiger charge is -2.31. The molecule has 3 heterocycles. The van der Waals surface area contributed by atoms with E-state index in [9.17, 15) is 8.42 Å². The van der Waals surface area contributed by atoms with Crippen LogP contribution in [0.25, 0.3) is 11.5 Å². The highest BCUT2D eigenvalue weighted by atomic mass is 35.5. The Labute approximate surface area is 172 Å². The lowest BCUT2D eigenvalue weighted by molar-refractivity contribution is -0.00119. The summed E-state index contributed by atoms with van der Waals surface area (Å²) in [6.45, 7) is 0.856. The van der Waals surface area contributed by atoms with Crippen LogP contribution >= 0.6 is 11.6 Å². The summed E-state index contributed by atoms with van der Waals surface area (Å²) in [5.74, 6) is 0.675. The molecular formula is C18H18ClN5O4S. The molecule has 0 atom stereocenters. The van der Waals surface area contributed by atoms with E-state index in [4.69, 9.17) is 20.9 Å². The molecule has 3 aromatic rings. The summed E-state index contributed by atoms with van der Waals surface area (Å²) in [6, 6.07) is 6.46. The largest absolute Gasteiger partial charge is 0.368 e. The number of rotatable bonds is 6. The first kappa shape index (κ1) is 19.9. The van der Waals surface area contributed by atoms with E-state index >= 15 is 0 Å². The first-order chi connectivity index (χ1) is 14.0. The molecule has 4 rings (SSSR count). The second-order valence-corrected chi connectivity index (χ2v) is 8.76. The molecule has 0 unspecified atom stereocenters. The molecule has 0 saturated carbocycles. The summed E-state index contributed by atoms with van der Waals surface area (Å²) in [6.07, 6.45) is 5.69. The van der Waals surface area contributed by atoms with E-state index in [2.05, 4.69) is 20.1 Å². The minimum Gasteiger partial charge on any atom is -0.368 e. The lowest BCUT2D eigenvalue weighted by atomic mass is 10.1. The summed E-state index contributed by atoms with van der Waals surface area (Å²) in [5, 5.41) is 4.09. The van der Waals surface area contributed by atoms with E-state index in [1.807, 2.05) is 0 Å². The predicted octanol–water partition coefficient (Wildman–Crippen LogP) is 2.55. The maximum absolute atomic E-state index is 12.8. The Morgan fingerprint density at radius 3 is 2.72 bits per heavy atom. The van der Waals surface area contributed by atoms with Crippen LogP contribution in [0, 0.1) is 0 Å². The van der Waals surface area contributed by atoms with Crippen LogP contribution in [0.1, 0.15) is 18.7 Å². The smallest absolute Gasteiger partial charge is 0.253 e. The number of ether oxygens (including phenoxy) is 1. The van der Waals surface area contributed by atoms with E-state index in [0.29, 0.717) is 43.3 Å². The Morgan fingerprint density at radius 2 is 2.00 bits per heavy atom. The molecule has 1 aromatic carbocycles. The van der Waals surface area contributed by atoms with Gasteiger partial charge in [-0.1, -0.05) is 28.9 Å². The highest BCUT2D eigenvalue weighted by Gasteiger charge is 2.31. The minimum atomic E-state index is -3.62. The van der Waals surface area contributed by atoms with E-state index in [-0.39, 0.29) is 22.6 Å².